The van der Waals surface area contributed by atoms with Crippen LogP contribution in [-0.4, -0.2) is 64.9 Å². The van der Waals surface area contributed by atoms with Gasteiger partial charge in [0.2, 0.25) is 22.9 Å². The number of nitrogens with one attached hydrogen (secondary N) is 4. The number of nitriles is 1. The van der Waals surface area contributed by atoms with Crippen LogP contribution in [0.4, 0.5) is 5.13 Å². The predicted octanol–water partition coefficient (Wildman–Crippen LogP) is 0.112. The fourth-order valence-electron chi connectivity index (χ4n) is 2.49. The summed E-state index contributed by atoms with van der Waals surface area (Å²) in [4.78, 5) is 47.2. The third-order valence-electron chi connectivity index (χ3n) is 3.99. The van der Waals surface area contributed by atoms with Gasteiger partial charge in [0.15, 0.2) is 12.2 Å². The Hall–Kier alpha value is -3.10. The van der Waals surface area contributed by atoms with Crippen molar-refractivity contribution in [1.29, 1.82) is 5.26 Å². The average molecular weight is 544 g/mol. The first kappa shape index (κ1) is 29.9. The Morgan fingerprint density at radius 3 is 2.66 bits per heavy atom. The molecule has 1 unspecified atom stereocenters. The van der Waals surface area contributed by atoms with Crippen molar-refractivity contribution in [2.45, 2.75) is 37.3 Å². The maximum atomic E-state index is 12.6. The number of nitrogens with zero attached hydrogens (tertiary/aromatic N) is 5. The van der Waals surface area contributed by atoms with Crippen molar-refractivity contribution in [3.05, 3.63) is 16.0 Å². The number of hydrogen-bond donors (Lipinski definition) is 6. The Morgan fingerprint density at radius 2 is 2.03 bits per heavy atom. The second kappa shape index (κ2) is 15.7. The van der Waals surface area contributed by atoms with E-state index in [-0.39, 0.29) is 25.0 Å². The average Bonchev–Trinajstić information content (AvgIpc) is 3.20. The molecule has 192 valence electrons. The summed E-state index contributed by atoms with van der Waals surface area (Å²) in [6.07, 6.45) is 1.81. The summed E-state index contributed by atoms with van der Waals surface area (Å²) >= 11 is 3.63. The molecule has 0 spiro atoms. The second-order valence-electron chi connectivity index (χ2n) is 7.30. The van der Waals surface area contributed by atoms with E-state index in [9.17, 15) is 14.5 Å². The minimum atomic E-state index is -0.960. The monoisotopic (exact) mass is 543 g/mol. The van der Waals surface area contributed by atoms with Crippen LogP contribution in [0.5, 0.6) is 0 Å². The van der Waals surface area contributed by atoms with Gasteiger partial charge >= 0.3 is 0 Å². The van der Waals surface area contributed by atoms with Gasteiger partial charge in [-0.1, -0.05) is 0 Å². The molecule has 1 aromatic rings. The zero-order chi connectivity index (χ0) is 26.3. The molecule has 1 rings (SSSR count). The first-order valence-corrected chi connectivity index (χ1v) is 13.0. The Kier molecular flexibility index (Phi) is 13.5. The van der Waals surface area contributed by atoms with Crippen LogP contribution in [0.25, 0.3) is 0 Å². The van der Waals surface area contributed by atoms with Crippen LogP contribution in [-0.2, 0) is 15.3 Å². The van der Waals surface area contributed by atoms with Gasteiger partial charge in [0.25, 0.3) is 0 Å². The smallest absolute Gasteiger partial charge is 0.244 e. The van der Waals surface area contributed by atoms with Gasteiger partial charge in [0.05, 0.1) is 17.0 Å². The highest BCUT2D eigenvalue weighted by atomic mass is 32.2. The summed E-state index contributed by atoms with van der Waals surface area (Å²) in [7, 11) is 0. The summed E-state index contributed by atoms with van der Waals surface area (Å²) in [5, 5.41) is 21.9. The van der Waals surface area contributed by atoms with Gasteiger partial charge in [-0.25, -0.2) is 4.98 Å². The molecule has 1 atom stereocenters. The third kappa shape index (κ3) is 12.2. The molecule has 0 aromatic carbocycles. The number of hydrogen-bond acceptors (Lipinski definition) is 11. The highest BCUT2D eigenvalue weighted by molar-refractivity contribution is 7.99. The SMILES string of the molecule is CC(=O)NC(C(=O)NCCNC(=NCCSCc1csc(N=C(N)N)n1)NC#N)C(C)(C)SN=O. The number of thiazole rings is 1. The Bertz CT molecular complexity index is 955. The Morgan fingerprint density at radius 1 is 1.31 bits per heavy atom. The lowest BCUT2D eigenvalue weighted by Gasteiger charge is -2.30. The Balaban J connectivity index is 2.46. The molecule has 0 saturated heterocycles. The first-order chi connectivity index (χ1) is 16.6. The van der Waals surface area contributed by atoms with Crippen LogP contribution in [0.3, 0.4) is 0 Å². The molecule has 14 nitrogen and oxygen atoms in total. The fraction of sp³-hybridized carbons (Fsp3) is 0.556. The minimum absolute atomic E-state index is 0.0388. The second-order valence-corrected chi connectivity index (χ2v) is 10.6. The standard InChI is InChI=1S/C18H29N11O3S3/c1-11(30)26-13(18(2,3)35-29-32)14(31)22-4-5-23-16(25-10-19)24-6-7-33-8-12-9-34-17(27-12)28-15(20)21/h9,13H,4-8H2,1-3H3,(H,22,31)(H,26,30)(H2,23,24,25)(H4,20,21,27,28). The van der Waals surface area contributed by atoms with Crippen molar-refractivity contribution in [1.82, 2.24) is 26.3 Å². The molecule has 8 N–H and O–H groups in total. The zero-order valence-electron chi connectivity index (χ0n) is 19.5. The normalized spacial score (nSPS) is 12.1. The highest BCUT2D eigenvalue weighted by Gasteiger charge is 2.37. The van der Waals surface area contributed by atoms with Crippen molar-refractivity contribution in [2.24, 2.45) is 26.0 Å². The van der Waals surface area contributed by atoms with E-state index in [1.807, 2.05) is 11.6 Å². The molecule has 0 aliphatic rings. The molecule has 0 radical (unpaired) electrons. The first-order valence-electron chi connectivity index (χ1n) is 10.2. The lowest BCUT2D eigenvalue weighted by molar-refractivity contribution is -0.128. The van der Waals surface area contributed by atoms with E-state index in [2.05, 4.69) is 40.8 Å². The lowest BCUT2D eigenvalue weighted by atomic mass is 10.0. The molecule has 17 heteroatoms. The van der Waals surface area contributed by atoms with Crippen LogP contribution >= 0.6 is 35.0 Å². The topological polar surface area (TPSA) is 225 Å². The van der Waals surface area contributed by atoms with Crippen LogP contribution in [0.1, 0.15) is 26.5 Å². The molecule has 0 saturated carbocycles. The number of amides is 2. The summed E-state index contributed by atoms with van der Waals surface area (Å²) in [6, 6.07) is -0.960. The lowest BCUT2D eigenvalue weighted by Crippen LogP contribution is -2.56. The highest BCUT2D eigenvalue weighted by Crippen LogP contribution is 2.29. The largest absolute Gasteiger partial charge is 0.370 e. The molecular weight excluding hydrogens is 514 g/mol. The number of nitrogens with two attached hydrogens (primary N) is 2. The summed E-state index contributed by atoms with van der Waals surface area (Å²) in [5.74, 6) is 0.707. The number of carbonyl (C=O) groups excluding carboxylic acids is 2. The van der Waals surface area contributed by atoms with E-state index in [0.717, 1.165) is 5.69 Å². The van der Waals surface area contributed by atoms with Crippen molar-refractivity contribution >= 4 is 63.9 Å². The molecular formula is C18H29N11O3S3. The number of aliphatic imine (C=N–C) groups is 2. The van der Waals surface area contributed by atoms with Gasteiger partial charge in [0, 0.05) is 53.4 Å². The van der Waals surface area contributed by atoms with Gasteiger partial charge < -0.3 is 27.4 Å². The van der Waals surface area contributed by atoms with E-state index in [0.29, 0.717) is 35.1 Å². The molecule has 0 aliphatic heterocycles. The number of guanidine groups is 2. The molecule has 2 amide bonds. The van der Waals surface area contributed by atoms with E-state index >= 15 is 0 Å². The van der Waals surface area contributed by atoms with E-state index < -0.39 is 22.6 Å². The van der Waals surface area contributed by atoms with Crippen LogP contribution in [0.2, 0.25) is 0 Å². The van der Waals surface area contributed by atoms with Crippen molar-refractivity contribution in [3.63, 3.8) is 0 Å². The molecule has 0 bridgehead atoms. The molecule has 1 aromatic heterocycles. The number of carbonyl (C=O) groups is 2. The summed E-state index contributed by atoms with van der Waals surface area (Å²) in [5.41, 5.74) is 11.5. The molecule has 35 heavy (non-hydrogen) atoms. The number of nitroso groups, excluding NO2 is 1. The van der Waals surface area contributed by atoms with E-state index in [1.54, 1.807) is 25.6 Å². The van der Waals surface area contributed by atoms with Crippen molar-refractivity contribution in [2.75, 3.05) is 25.4 Å². The molecule has 1 heterocycles. The summed E-state index contributed by atoms with van der Waals surface area (Å²) in [6.45, 7) is 5.45. The summed E-state index contributed by atoms with van der Waals surface area (Å²) < 4.78 is 1.84. The van der Waals surface area contributed by atoms with E-state index in [4.69, 9.17) is 16.7 Å². The van der Waals surface area contributed by atoms with Gasteiger partial charge in [0.1, 0.15) is 6.04 Å². The minimum Gasteiger partial charge on any atom is -0.370 e. The number of rotatable bonds is 14. The van der Waals surface area contributed by atoms with Gasteiger partial charge in [-0.05, 0) is 13.8 Å². The van der Waals surface area contributed by atoms with Crippen LogP contribution in [0.15, 0.2) is 19.9 Å². The molecule has 0 fully saturated rings. The maximum Gasteiger partial charge on any atom is 0.244 e. The van der Waals surface area contributed by atoms with Gasteiger partial charge in [-0.2, -0.15) is 22.0 Å². The van der Waals surface area contributed by atoms with Gasteiger partial charge in [-0.3, -0.25) is 19.9 Å². The maximum absolute atomic E-state index is 12.6. The van der Waals surface area contributed by atoms with Crippen LogP contribution < -0.4 is 32.7 Å². The third-order valence-corrected chi connectivity index (χ3v) is 6.52. The predicted molar refractivity (Wildman–Crippen MR) is 141 cm³/mol. The molecule has 0 aliphatic carbocycles. The number of thioether (sulfide) groups is 1. The Labute approximate surface area is 215 Å². The zero-order valence-corrected chi connectivity index (χ0v) is 22.0. The quantitative estimate of drug-likeness (QED) is 0.0351. The van der Waals surface area contributed by atoms with Crippen molar-refractivity contribution < 1.29 is 9.59 Å². The van der Waals surface area contributed by atoms with Crippen LogP contribution in [0, 0.1) is 16.4 Å². The van der Waals surface area contributed by atoms with E-state index in [1.165, 1.54) is 18.3 Å². The van der Waals surface area contributed by atoms with Crippen molar-refractivity contribution in [3.8, 4) is 6.19 Å². The fourth-order valence-corrected chi connectivity index (χ4v) is 4.49. The number of aromatic nitrogens is 1. The van der Waals surface area contributed by atoms with Gasteiger partial charge in [-0.15, -0.1) is 16.2 Å².